The van der Waals surface area contributed by atoms with E-state index in [2.05, 4.69) is 15.0 Å². The number of nitrogens with two attached hydrogens (primary N) is 1. The van der Waals surface area contributed by atoms with Gasteiger partial charge in [0.05, 0.1) is 32.9 Å². The number of fused-ring (bicyclic) bond motifs is 3. The molecule has 6 heterocycles. The fourth-order valence-electron chi connectivity index (χ4n) is 8.28. The summed E-state index contributed by atoms with van der Waals surface area (Å²) in [7, 11) is 1.81. The lowest BCUT2D eigenvalue weighted by Crippen LogP contribution is -2.45. The number of benzene rings is 2. The van der Waals surface area contributed by atoms with Crippen LogP contribution in [0.2, 0.25) is 5.02 Å². The molecule has 3 aliphatic rings. The normalized spacial score (nSPS) is 23.3. The molecule has 0 spiro atoms. The van der Waals surface area contributed by atoms with Crippen LogP contribution in [0, 0.1) is 23.0 Å². The Morgan fingerprint density at radius 3 is 2.88 bits per heavy atom. The van der Waals surface area contributed by atoms with Gasteiger partial charge in [0.2, 0.25) is 0 Å². The molecule has 0 aliphatic carbocycles. The summed E-state index contributed by atoms with van der Waals surface area (Å²) in [4.78, 5) is 28.3. The van der Waals surface area contributed by atoms with Gasteiger partial charge in [-0.3, -0.25) is 4.90 Å². The average molecular weight is 736 g/mol. The molecule has 3 fully saturated rings. The van der Waals surface area contributed by atoms with Gasteiger partial charge in [-0.15, -0.1) is 11.3 Å². The summed E-state index contributed by atoms with van der Waals surface area (Å²) < 4.78 is 54.3. The van der Waals surface area contributed by atoms with Gasteiger partial charge in [-0.2, -0.15) is 25.0 Å². The number of aromatic nitrogens is 4. The van der Waals surface area contributed by atoms with Crippen molar-refractivity contribution in [1.29, 1.82) is 5.26 Å². The second kappa shape index (κ2) is 12.5. The quantitative estimate of drug-likeness (QED) is 0.205. The maximum Gasteiger partial charge on any atom is 0.344 e. The van der Waals surface area contributed by atoms with Crippen molar-refractivity contribution in [2.75, 3.05) is 43.9 Å². The highest BCUT2D eigenvalue weighted by molar-refractivity contribution is 7.23. The van der Waals surface area contributed by atoms with Crippen molar-refractivity contribution in [2.24, 2.45) is 0 Å². The van der Waals surface area contributed by atoms with Crippen molar-refractivity contribution >= 4 is 60.8 Å². The van der Waals surface area contributed by atoms with Crippen LogP contribution in [0.4, 0.5) is 28.8 Å². The van der Waals surface area contributed by atoms with Crippen LogP contribution in [0.15, 0.2) is 36.7 Å². The molecule has 3 saturated heterocycles. The van der Waals surface area contributed by atoms with Crippen LogP contribution in [-0.2, 0) is 0 Å². The van der Waals surface area contributed by atoms with Gasteiger partial charge in [0, 0.05) is 55.3 Å². The molecule has 3 aromatic heterocycles. The van der Waals surface area contributed by atoms with Gasteiger partial charge >= 0.3 is 12.0 Å². The molecular weight excluding hydrogens is 703 g/mol. The van der Waals surface area contributed by atoms with E-state index in [-0.39, 0.29) is 78.4 Å². The van der Waals surface area contributed by atoms with Gasteiger partial charge in [-0.1, -0.05) is 17.7 Å². The molecule has 51 heavy (non-hydrogen) atoms. The number of carbonyl (C=O) groups excluding carboxylic acids is 1. The Morgan fingerprint density at radius 1 is 1.29 bits per heavy atom. The number of likely N-dealkylation sites (tertiary alicyclic amines) is 1. The molecule has 16 heteroatoms. The molecule has 2 aromatic carbocycles. The number of carbonyl (C=O) groups is 1. The van der Waals surface area contributed by atoms with Crippen LogP contribution in [-0.4, -0.2) is 92.7 Å². The third-order valence-corrected chi connectivity index (χ3v) is 12.1. The van der Waals surface area contributed by atoms with Crippen molar-refractivity contribution < 1.29 is 22.7 Å². The van der Waals surface area contributed by atoms with Crippen molar-refractivity contribution in [1.82, 2.24) is 29.5 Å². The number of likely N-dealkylation sites (N-methyl/N-ethyl adjacent to an activating group) is 1. The Balaban J connectivity index is 1.25. The van der Waals surface area contributed by atoms with E-state index < -0.39 is 23.3 Å². The molecule has 11 nitrogen and oxygen atoms in total. The van der Waals surface area contributed by atoms with E-state index in [0.29, 0.717) is 31.7 Å². The van der Waals surface area contributed by atoms with E-state index in [4.69, 9.17) is 27.1 Å². The van der Waals surface area contributed by atoms with Crippen LogP contribution >= 0.6 is 22.9 Å². The Bertz CT molecular complexity index is 2250. The summed E-state index contributed by atoms with van der Waals surface area (Å²) in [5.74, 6) is -1.09. The Labute approximate surface area is 300 Å². The first-order valence-corrected chi connectivity index (χ1v) is 17.9. The molecule has 8 rings (SSSR count). The third kappa shape index (κ3) is 5.34. The van der Waals surface area contributed by atoms with Gasteiger partial charge in [0.15, 0.2) is 5.82 Å². The summed E-state index contributed by atoms with van der Waals surface area (Å²) in [6.07, 6.45) is 4.74. The first kappa shape index (κ1) is 33.5. The zero-order valence-electron chi connectivity index (χ0n) is 27.7. The second-order valence-corrected chi connectivity index (χ2v) is 15.0. The smallest absolute Gasteiger partial charge is 0.344 e. The Hall–Kier alpha value is -4.65. The zero-order chi connectivity index (χ0) is 35.8. The number of nitriles is 1. The van der Waals surface area contributed by atoms with E-state index in [1.54, 1.807) is 29.4 Å². The number of ether oxygens (including phenoxy) is 1. The number of nitrogen functional groups attached to an aromatic ring is 1. The lowest BCUT2D eigenvalue weighted by molar-refractivity contribution is 0.107. The lowest BCUT2D eigenvalue weighted by Gasteiger charge is -2.33. The molecule has 0 unspecified atom stereocenters. The number of halogens is 4. The van der Waals surface area contributed by atoms with E-state index in [0.717, 1.165) is 30.7 Å². The predicted molar refractivity (Wildman–Crippen MR) is 189 cm³/mol. The topological polar surface area (TPSA) is 129 Å². The number of amides is 1. The van der Waals surface area contributed by atoms with Gasteiger partial charge in [-0.05, 0) is 56.5 Å². The molecule has 1 amide bonds. The lowest BCUT2D eigenvalue weighted by atomic mass is 9.95. The summed E-state index contributed by atoms with van der Waals surface area (Å²) >= 11 is 7.78. The number of alkyl halides is 1. The van der Waals surface area contributed by atoms with Crippen LogP contribution in [0.3, 0.4) is 0 Å². The number of thiophene rings is 1. The van der Waals surface area contributed by atoms with Crippen molar-refractivity contribution in [2.45, 2.75) is 56.4 Å². The molecule has 0 saturated carbocycles. The van der Waals surface area contributed by atoms with Crippen molar-refractivity contribution in [3.8, 4) is 23.2 Å². The standard InChI is InChI=1S/C35H33ClF3N9O2S/c1-18-25(7-12-47(18)34(49)48-11-4-9-42-48)45(2)32-21-13-23(36)27(20-5-6-24(38)30-26(20)22(15-40)31(41)51-30)28(39)29(21)43-33(44-32)50-17-35-8-3-10-46(35)16-19(37)14-35/h4-6,9,11,13,18-19,25H,3,7-8,10,12,14,16-17,41H2,1-2H3/t18-,19-,25-,35+/m1/s1. The molecule has 3 aliphatic heterocycles. The molecule has 5 aromatic rings. The fourth-order valence-corrected chi connectivity index (χ4v) is 9.52. The zero-order valence-corrected chi connectivity index (χ0v) is 29.3. The van der Waals surface area contributed by atoms with Gasteiger partial charge in [0.1, 0.15) is 41.0 Å². The Morgan fingerprint density at radius 2 is 2.12 bits per heavy atom. The van der Waals surface area contributed by atoms with E-state index in [1.165, 1.54) is 16.8 Å². The van der Waals surface area contributed by atoms with Crippen LogP contribution < -0.4 is 15.4 Å². The molecule has 2 N–H and O–H groups in total. The summed E-state index contributed by atoms with van der Waals surface area (Å²) in [6, 6.07) is 6.92. The maximum atomic E-state index is 17.1. The molecule has 0 bridgehead atoms. The predicted octanol–water partition coefficient (Wildman–Crippen LogP) is 6.62. The monoisotopic (exact) mass is 735 g/mol. The van der Waals surface area contributed by atoms with E-state index in [1.807, 2.05) is 24.9 Å². The highest BCUT2D eigenvalue weighted by atomic mass is 35.5. The highest BCUT2D eigenvalue weighted by Crippen LogP contribution is 2.46. The van der Waals surface area contributed by atoms with Gasteiger partial charge < -0.3 is 20.3 Å². The largest absolute Gasteiger partial charge is 0.461 e. The van der Waals surface area contributed by atoms with E-state index in [9.17, 15) is 18.8 Å². The molecule has 264 valence electrons. The summed E-state index contributed by atoms with van der Waals surface area (Å²) in [5, 5.41) is 14.5. The minimum Gasteiger partial charge on any atom is -0.461 e. The molecular formula is C35H33ClF3N9O2S. The number of hydrogen-bond acceptors (Lipinski definition) is 10. The number of anilines is 2. The van der Waals surface area contributed by atoms with Crippen LogP contribution in [0.5, 0.6) is 6.01 Å². The second-order valence-electron chi connectivity index (χ2n) is 13.5. The fraction of sp³-hybridized carbons (Fsp3) is 0.400. The van der Waals surface area contributed by atoms with Crippen LogP contribution in [0.25, 0.3) is 32.1 Å². The average Bonchev–Trinajstić information content (AvgIpc) is 3.94. The van der Waals surface area contributed by atoms with Gasteiger partial charge in [-0.25, -0.2) is 18.0 Å². The Kier molecular flexibility index (Phi) is 8.23. The minimum atomic E-state index is -0.969. The van der Waals surface area contributed by atoms with E-state index >= 15 is 4.39 Å². The van der Waals surface area contributed by atoms with Crippen molar-refractivity contribution in [3.63, 3.8) is 0 Å². The number of nitrogens with zero attached hydrogens (tertiary/aromatic N) is 8. The minimum absolute atomic E-state index is 0.0103. The maximum absolute atomic E-state index is 17.1. The molecule has 0 radical (unpaired) electrons. The first-order chi connectivity index (χ1) is 24.5. The van der Waals surface area contributed by atoms with Crippen molar-refractivity contribution in [3.05, 3.63) is 58.9 Å². The summed E-state index contributed by atoms with van der Waals surface area (Å²) in [5.41, 5.74) is 5.60. The summed E-state index contributed by atoms with van der Waals surface area (Å²) in [6.45, 7) is 3.61. The SMILES string of the molecule is C[C@@H]1[C@H](N(C)c2nc(OC[C@@]34CCCN3C[C@H](F)C4)nc3c(F)c(-c4ccc(F)c5sc(N)c(C#N)c45)c(Cl)cc23)CCN1C(=O)n1cccn1. The first-order valence-electron chi connectivity index (χ1n) is 16.7. The van der Waals surface area contributed by atoms with Gasteiger partial charge in [0.25, 0.3) is 0 Å². The highest BCUT2D eigenvalue weighted by Gasteiger charge is 2.49. The number of rotatable bonds is 6. The number of hydrogen-bond donors (Lipinski definition) is 1. The third-order valence-electron chi connectivity index (χ3n) is 10.8. The van der Waals surface area contributed by atoms with Crippen LogP contribution in [0.1, 0.15) is 38.2 Å². The molecule has 4 atom stereocenters.